The highest BCUT2D eigenvalue weighted by Gasteiger charge is 2.59. The Kier molecular flexibility index (Phi) is 8.07. The highest BCUT2D eigenvalue weighted by atomic mass is 32.2. The van der Waals surface area contributed by atoms with E-state index in [-0.39, 0.29) is 7.05 Å². The van der Waals surface area contributed by atoms with Crippen molar-refractivity contribution in [1.29, 1.82) is 0 Å². The van der Waals surface area contributed by atoms with Gasteiger partial charge in [-0.15, -0.1) is 0 Å². The van der Waals surface area contributed by atoms with E-state index in [4.69, 9.17) is 17.6 Å². The van der Waals surface area contributed by atoms with Gasteiger partial charge in [0.25, 0.3) is 0 Å². The van der Waals surface area contributed by atoms with Crippen LogP contribution in [-0.4, -0.2) is 42.9 Å². The fourth-order valence-electron chi connectivity index (χ4n) is 6.00. The number of halogens is 3. The van der Waals surface area contributed by atoms with Gasteiger partial charge in [0.1, 0.15) is 5.60 Å². The standard InChI is InChI=1S/C28H32BNO.CHF3O3S/c1-19-13-20(2)16-24(15-19)28(25-17-21(3)14-22(4)18-25)27-11-8-12-30(27)29(31-28)26-10-7-6-9-23(26)5;2-1(3,4)8(5,6)7/h6-7,9-10,13-18,27H,8,11-12H2,1-5H3;(H,5,6,7)/t27-;/m0./s1. The van der Waals surface area contributed by atoms with Crippen LogP contribution in [0.1, 0.15) is 51.8 Å². The Morgan fingerprint density at radius 2 is 1.36 bits per heavy atom. The van der Waals surface area contributed by atoms with E-state index < -0.39 is 21.2 Å². The maximum atomic E-state index is 10.7. The van der Waals surface area contributed by atoms with Gasteiger partial charge in [-0.2, -0.15) is 21.6 Å². The van der Waals surface area contributed by atoms with Gasteiger partial charge in [-0.05, 0) is 70.6 Å². The first-order valence-corrected chi connectivity index (χ1v) is 14.3. The zero-order chi connectivity index (χ0) is 28.8. The number of aryl methyl sites for hydroxylation is 5. The van der Waals surface area contributed by atoms with Crippen LogP contribution in [0.25, 0.3) is 0 Å². The average Bonchev–Trinajstić information content (AvgIpc) is 3.40. The quantitative estimate of drug-likeness (QED) is 0.251. The molecule has 0 saturated carbocycles. The van der Waals surface area contributed by atoms with Gasteiger partial charge in [0.15, 0.2) is 0 Å². The second kappa shape index (κ2) is 10.7. The van der Waals surface area contributed by atoms with E-state index in [2.05, 4.69) is 100 Å². The molecule has 0 aromatic heterocycles. The molecule has 0 radical (unpaired) electrons. The molecule has 3 aromatic carbocycles. The minimum atomic E-state index is -5.84. The van der Waals surface area contributed by atoms with E-state index in [1.807, 2.05) is 0 Å². The molecule has 1 atom stereocenters. The Balaban J connectivity index is 0.000000386. The number of hydrogen-bond acceptors (Lipinski definition) is 4. The largest absolute Gasteiger partial charge is 0.522 e. The van der Waals surface area contributed by atoms with Crippen molar-refractivity contribution in [1.82, 2.24) is 4.81 Å². The lowest BCUT2D eigenvalue weighted by Crippen LogP contribution is -2.46. The summed E-state index contributed by atoms with van der Waals surface area (Å²) in [4.78, 5) is 2.62. The average molecular weight is 559 g/mol. The Morgan fingerprint density at radius 3 is 1.79 bits per heavy atom. The predicted octanol–water partition coefficient (Wildman–Crippen LogP) is 5.76. The number of rotatable bonds is 3. The number of nitrogens with zero attached hydrogens (tertiary/aromatic N) is 1. The molecule has 5 rings (SSSR count). The van der Waals surface area contributed by atoms with Gasteiger partial charge in [0, 0.05) is 6.04 Å². The summed E-state index contributed by atoms with van der Waals surface area (Å²) in [6.45, 7) is 12.1. The second-order valence-corrected chi connectivity index (χ2v) is 12.0. The molecule has 0 spiro atoms. The predicted molar refractivity (Wildman–Crippen MR) is 148 cm³/mol. The van der Waals surface area contributed by atoms with Gasteiger partial charge >= 0.3 is 22.7 Å². The molecule has 10 heteroatoms. The first kappa shape index (κ1) is 29.3. The minimum Gasteiger partial charge on any atom is -0.402 e. The molecule has 3 aromatic rings. The van der Waals surface area contributed by atoms with E-state index in [1.165, 1.54) is 50.8 Å². The molecule has 0 unspecified atom stereocenters. The van der Waals surface area contributed by atoms with Crippen LogP contribution in [0.3, 0.4) is 0 Å². The van der Waals surface area contributed by atoms with E-state index >= 15 is 0 Å². The van der Waals surface area contributed by atoms with Crippen LogP contribution >= 0.6 is 0 Å². The second-order valence-electron chi connectivity index (χ2n) is 10.6. The molecule has 2 aliphatic heterocycles. The molecule has 2 aliphatic rings. The van der Waals surface area contributed by atoms with Crippen molar-refractivity contribution < 1.29 is 30.8 Å². The van der Waals surface area contributed by atoms with Crippen molar-refractivity contribution in [2.45, 2.75) is 64.6 Å². The lowest BCUT2D eigenvalue weighted by Gasteiger charge is -2.37. The summed E-state index contributed by atoms with van der Waals surface area (Å²) >= 11 is 0. The molecule has 2 saturated heterocycles. The van der Waals surface area contributed by atoms with Crippen LogP contribution in [0.15, 0.2) is 60.7 Å². The maximum absolute atomic E-state index is 10.7. The third-order valence-corrected chi connectivity index (χ3v) is 8.00. The number of hydrogen-bond donors (Lipinski definition) is 1. The molecular formula is C29H33BF3NO4S. The number of alkyl halides is 3. The van der Waals surface area contributed by atoms with Crippen LogP contribution < -0.4 is 5.46 Å². The van der Waals surface area contributed by atoms with Crippen molar-refractivity contribution in [3.05, 3.63) is 99.6 Å². The topological polar surface area (TPSA) is 66.8 Å². The van der Waals surface area contributed by atoms with Gasteiger partial charge in [-0.3, -0.25) is 4.55 Å². The summed E-state index contributed by atoms with van der Waals surface area (Å²) in [5.41, 5.74) is 4.38. The normalized spacial score (nSPS) is 19.0. The fraction of sp³-hybridized carbons (Fsp3) is 0.379. The molecule has 2 heterocycles. The fourth-order valence-corrected chi connectivity index (χ4v) is 6.00. The third kappa shape index (κ3) is 5.80. The first-order chi connectivity index (χ1) is 18.1. The zero-order valence-corrected chi connectivity index (χ0v) is 23.5. The molecule has 0 aliphatic carbocycles. The molecule has 0 bridgehead atoms. The molecule has 39 heavy (non-hydrogen) atoms. The highest BCUT2D eigenvalue weighted by Crippen LogP contribution is 2.49. The van der Waals surface area contributed by atoms with Crippen molar-refractivity contribution in [2.75, 3.05) is 6.54 Å². The monoisotopic (exact) mass is 559 g/mol. The smallest absolute Gasteiger partial charge is 0.402 e. The lowest BCUT2D eigenvalue weighted by molar-refractivity contribution is -0.0510. The molecule has 2 fully saturated rings. The summed E-state index contributed by atoms with van der Waals surface area (Å²) in [5, 5.41) is 0. The lowest BCUT2D eigenvalue weighted by atomic mass is 9.70. The summed E-state index contributed by atoms with van der Waals surface area (Å²) in [7, 11) is -5.86. The summed E-state index contributed by atoms with van der Waals surface area (Å²) < 4.78 is 64.8. The zero-order valence-electron chi connectivity index (χ0n) is 22.7. The van der Waals surface area contributed by atoms with E-state index in [0.717, 1.165) is 13.0 Å². The Bertz CT molecular complexity index is 1380. The molecule has 208 valence electrons. The van der Waals surface area contributed by atoms with Gasteiger partial charge in [-0.25, -0.2) is 0 Å². The van der Waals surface area contributed by atoms with Gasteiger partial charge in [0.2, 0.25) is 0 Å². The van der Waals surface area contributed by atoms with E-state index in [1.54, 1.807) is 0 Å². The van der Waals surface area contributed by atoms with Gasteiger partial charge in [-0.1, -0.05) is 88.5 Å². The molecule has 1 N–H and O–H groups in total. The van der Waals surface area contributed by atoms with Crippen LogP contribution in [-0.2, 0) is 20.4 Å². The Labute approximate surface area is 228 Å². The first-order valence-electron chi connectivity index (χ1n) is 12.8. The van der Waals surface area contributed by atoms with Crippen molar-refractivity contribution in [2.24, 2.45) is 0 Å². The minimum absolute atomic E-state index is 0.0182. The van der Waals surface area contributed by atoms with Crippen LogP contribution in [0, 0.1) is 34.6 Å². The van der Waals surface area contributed by atoms with Gasteiger partial charge < -0.3 is 9.47 Å². The van der Waals surface area contributed by atoms with Crippen LogP contribution in [0.4, 0.5) is 13.2 Å². The SMILES string of the molecule is Cc1cc(C)cc(C2(c3cc(C)cc(C)c3)OB(c3ccccc3C)N3CCC[C@H]32)c1.O=S(=O)(O)C(F)(F)F. The third-order valence-electron chi connectivity index (χ3n) is 7.41. The molecule has 5 nitrogen and oxygen atoms in total. The van der Waals surface area contributed by atoms with E-state index in [0.29, 0.717) is 6.04 Å². The highest BCUT2D eigenvalue weighted by molar-refractivity contribution is 7.86. The van der Waals surface area contributed by atoms with Gasteiger partial charge in [0.05, 0.1) is 0 Å². The summed E-state index contributed by atoms with van der Waals surface area (Å²) in [5.74, 6) is 0. The Hall–Kier alpha value is -2.66. The van der Waals surface area contributed by atoms with Crippen molar-refractivity contribution in [3.63, 3.8) is 0 Å². The van der Waals surface area contributed by atoms with Crippen molar-refractivity contribution >= 4 is 22.6 Å². The van der Waals surface area contributed by atoms with Crippen molar-refractivity contribution in [3.8, 4) is 0 Å². The molecule has 0 amide bonds. The van der Waals surface area contributed by atoms with E-state index in [9.17, 15) is 13.2 Å². The molecular weight excluding hydrogens is 526 g/mol. The van der Waals surface area contributed by atoms with Crippen LogP contribution in [0.5, 0.6) is 0 Å². The summed E-state index contributed by atoms with van der Waals surface area (Å²) in [6, 6.07) is 23.0. The maximum Gasteiger partial charge on any atom is 0.522 e. The number of fused-ring (bicyclic) bond motifs is 1. The summed E-state index contributed by atoms with van der Waals surface area (Å²) in [6.07, 6.45) is 2.37. The Morgan fingerprint density at radius 1 is 0.897 bits per heavy atom. The number of benzene rings is 3. The van der Waals surface area contributed by atoms with Crippen LogP contribution in [0.2, 0.25) is 0 Å².